The molecule has 30 heavy (non-hydrogen) atoms. The van der Waals surface area contributed by atoms with Gasteiger partial charge in [0.2, 0.25) is 0 Å². The summed E-state index contributed by atoms with van der Waals surface area (Å²) in [6.45, 7) is 2.55. The van der Waals surface area contributed by atoms with E-state index in [9.17, 15) is 18.3 Å². The predicted molar refractivity (Wildman–Crippen MR) is 111 cm³/mol. The molecule has 5 nitrogen and oxygen atoms in total. The maximum Gasteiger partial charge on any atom is 0.416 e. The molecule has 2 fully saturated rings. The number of aliphatic hydroxyl groups excluding tert-OH is 1. The lowest BCUT2D eigenvalue weighted by molar-refractivity contribution is -0.137. The van der Waals surface area contributed by atoms with Crippen LogP contribution in [0.4, 0.5) is 13.2 Å². The Morgan fingerprint density at radius 3 is 2.50 bits per heavy atom. The van der Waals surface area contributed by atoms with Crippen molar-refractivity contribution in [1.29, 1.82) is 0 Å². The molecule has 0 radical (unpaired) electrons. The van der Waals surface area contributed by atoms with Crippen molar-refractivity contribution in [3.8, 4) is 0 Å². The molecule has 1 aromatic carbocycles. The first kappa shape index (κ1) is 22.9. The van der Waals surface area contributed by atoms with Gasteiger partial charge in [-0.1, -0.05) is 31.0 Å². The minimum absolute atomic E-state index is 0.107. The molecule has 1 saturated carbocycles. The van der Waals surface area contributed by atoms with Gasteiger partial charge in [-0.05, 0) is 37.3 Å². The van der Waals surface area contributed by atoms with E-state index in [2.05, 4.69) is 15.6 Å². The van der Waals surface area contributed by atoms with E-state index in [0.29, 0.717) is 38.7 Å². The number of halogens is 3. The van der Waals surface area contributed by atoms with Crippen LogP contribution in [-0.4, -0.2) is 51.0 Å². The number of guanidine groups is 1. The molecule has 168 valence electrons. The Balaban J connectivity index is 1.68. The number of hydrogen-bond donors (Lipinski definition) is 3. The highest BCUT2D eigenvalue weighted by atomic mass is 19.4. The Bertz CT molecular complexity index is 725. The summed E-state index contributed by atoms with van der Waals surface area (Å²) in [6, 6.07) is 5.74. The minimum Gasteiger partial charge on any atom is -0.396 e. The predicted octanol–water partition coefficient (Wildman–Crippen LogP) is 3.47. The number of hydrogen-bond acceptors (Lipinski definition) is 3. The van der Waals surface area contributed by atoms with Crippen LogP contribution >= 0.6 is 0 Å². The first-order valence-corrected chi connectivity index (χ1v) is 10.6. The zero-order valence-corrected chi connectivity index (χ0v) is 17.5. The second-order valence-corrected chi connectivity index (χ2v) is 8.62. The van der Waals surface area contributed by atoms with Gasteiger partial charge in [0.15, 0.2) is 5.96 Å². The van der Waals surface area contributed by atoms with Crippen molar-refractivity contribution in [1.82, 2.24) is 10.6 Å². The fourth-order valence-electron chi connectivity index (χ4n) is 4.70. The Morgan fingerprint density at radius 2 is 1.90 bits per heavy atom. The molecule has 0 aromatic heterocycles. The highest BCUT2D eigenvalue weighted by Crippen LogP contribution is 2.42. The Morgan fingerprint density at radius 1 is 1.17 bits per heavy atom. The number of aliphatic hydroxyl groups is 1. The van der Waals surface area contributed by atoms with Gasteiger partial charge in [0, 0.05) is 44.2 Å². The molecule has 1 saturated heterocycles. The van der Waals surface area contributed by atoms with E-state index in [1.807, 2.05) is 6.07 Å². The summed E-state index contributed by atoms with van der Waals surface area (Å²) in [7, 11) is 1.69. The quantitative estimate of drug-likeness (QED) is 0.461. The zero-order valence-electron chi connectivity index (χ0n) is 17.5. The molecule has 1 aromatic rings. The summed E-state index contributed by atoms with van der Waals surface area (Å²) in [5.74, 6) is 0.623. The second-order valence-electron chi connectivity index (χ2n) is 8.62. The molecule has 2 aliphatic rings. The van der Waals surface area contributed by atoms with Crippen molar-refractivity contribution in [3.05, 3.63) is 35.4 Å². The first-order chi connectivity index (χ1) is 14.3. The number of ether oxygens (including phenoxy) is 1. The van der Waals surface area contributed by atoms with Crippen LogP contribution in [0.3, 0.4) is 0 Å². The van der Waals surface area contributed by atoms with Crippen LogP contribution in [0.1, 0.15) is 49.7 Å². The maximum absolute atomic E-state index is 13.2. The molecule has 1 aliphatic heterocycles. The number of nitrogens with zero attached hydrogens (tertiary/aromatic N) is 1. The lowest BCUT2D eigenvalue weighted by Crippen LogP contribution is -2.48. The summed E-state index contributed by atoms with van der Waals surface area (Å²) in [5, 5.41) is 16.1. The number of rotatable bonds is 7. The Hall–Kier alpha value is -1.80. The monoisotopic (exact) mass is 427 g/mol. The second kappa shape index (κ2) is 9.56. The van der Waals surface area contributed by atoms with E-state index in [0.717, 1.165) is 43.7 Å². The molecule has 1 heterocycles. The van der Waals surface area contributed by atoms with Crippen molar-refractivity contribution < 1.29 is 23.0 Å². The maximum atomic E-state index is 13.2. The van der Waals surface area contributed by atoms with Crippen LogP contribution in [0.2, 0.25) is 0 Å². The summed E-state index contributed by atoms with van der Waals surface area (Å²) >= 11 is 0. The fourth-order valence-corrected chi connectivity index (χ4v) is 4.70. The van der Waals surface area contributed by atoms with Gasteiger partial charge >= 0.3 is 6.18 Å². The normalized spacial score (nSPS) is 24.2. The lowest BCUT2D eigenvalue weighted by Gasteiger charge is -2.32. The number of alkyl halides is 3. The molecule has 1 aliphatic carbocycles. The number of nitrogens with one attached hydrogen (secondary N) is 2. The molecule has 3 rings (SSSR count). The highest BCUT2D eigenvalue weighted by Gasteiger charge is 2.39. The fraction of sp³-hybridized carbons (Fsp3) is 0.682. The topological polar surface area (TPSA) is 65.9 Å². The van der Waals surface area contributed by atoms with Crippen LogP contribution in [0.5, 0.6) is 0 Å². The van der Waals surface area contributed by atoms with Gasteiger partial charge in [0.1, 0.15) is 0 Å². The first-order valence-electron chi connectivity index (χ1n) is 10.6. The third kappa shape index (κ3) is 5.27. The largest absolute Gasteiger partial charge is 0.416 e. The SMILES string of the molecule is CN=C(NCC1(CCO)CCOC1)NCC1(c2cccc(C(F)(F)F)c2)CCCC1. The van der Waals surface area contributed by atoms with E-state index in [-0.39, 0.29) is 17.4 Å². The van der Waals surface area contributed by atoms with Gasteiger partial charge < -0.3 is 20.5 Å². The van der Waals surface area contributed by atoms with E-state index < -0.39 is 11.7 Å². The average Bonchev–Trinajstić information content (AvgIpc) is 3.39. The van der Waals surface area contributed by atoms with Gasteiger partial charge in [-0.25, -0.2) is 0 Å². The van der Waals surface area contributed by atoms with Gasteiger partial charge in [-0.3, -0.25) is 4.99 Å². The van der Waals surface area contributed by atoms with Gasteiger partial charge in [0.25, 0.3) is 0 Å². The highest BCUT2D eigenvalue weighted by molar-refractivity contribution is 5.79. The van der Waals surface area contributed by atoms with E-state index >= 15 is 0 Å². The summed E-state index contributed by atoms with van der Waals surface area (Å²) in [6.07, 6.45) is 0.894. The molecule has 0 amide bonds. The van der Waals surface area contributed by atoms with Gasteiger partial charge in [0.05, 0.1) is 12.2 Å². The average molecular weight is 428 g/mol. The third-order valence-corrected chi connectivity index (χ3v) is 6.64. The van der Waals surface area contributed by atoms with Crippen LogP contribution in [-0.2, 0) is 16.3 Å². The van der Waals surface area contributed by atoms with Crippen LogP contribution in [0, 0.1) is 5.41 Å². The number of aliphatic imine (C=N–C) groups is 1. The molecule has 0 spiro atoms. The van der Waals surface area contributed by atoms with E-state index in [4.69, 9.17) is 4.74 Å². The Labute approximate surface area is 176 Å². The van der Waals surface area contributed by atoms with Crippen molar-refractivity contribution in [2.45, 2.75) is 50.1 Å². The van der Waals surface area contributed by atoms with E-state index in [1.165, 1.54) is 12.1 Å². The zero-order chi connectivity index (χ0) is 21.7. The third-order valence-electron chi connectivity index (χ3n) is 6.64. The van der Waals surface area contributed by atoms with Crippen molar-refractivity contribution in [2.75, 3.05) is 40.0 Å². The van der Waals surface area contributed by atoms with Crippen LogP contribution in [0.25, 0.3) is 0 Å². The molecular formula is C22H32F3N3O2. The van der Waals surface area contributed by atoms with Gasteiger partial charge in [-0.15, -0.1) is 0 Å². The van der Waals surface area contributed by atoms with Gasteiger partial charge in [-0.2, -0.15) is 13.2 Å². The van der Waals surface area contributed by atoms with Crippen LogP contribution < -0.4 is 10.6 Å². The molecular weight excluding hydrogens is 395 g/mol. The molecule has 1 unspecified atom stereocenters. The molecule has 3 N–H and O–H groups in total. The minimum atomic E-state index is -4.34. The summed E-state index contributed by atoms with van der Waals surface area (Å²) in [5.41, 5.74) is -0.309. The van der Waals surface area contributed by atoms with E-state index in [1.54, 1.807) is 7.05 Å². The lowest BCUT2D eigenvalue weighted by atomic mass is 9.78. The molecule has 0 bridgehead atoms. The molecule has 8 heteroatoms. The van der Waals surface area contributed by atoms with Crippen LogP contribution in [0.15, 0.2) is 29.3 Å². The van der Waals surface area contributed by atoms with Crippen molar-refractivity contribution >= 4 is 5.96 Å². The molecule has 1 atom stereocenters. The smallest absolute Gasteiger partial charge is 0.396 e. The van der Waals surface area contributed by atoms with Crippen molar-refractivity contribution in [3.63, 3.8) is 0 Å². The standard InChI is InChI=1S/C22H32F3N3O2/c1-26-19(27-14-20(9-11-29)10-12-30-16-20)28-15-21(7-2-3-8-21)17-5-4-6-18(13-17)22(23,24)25/h4-6,13,29H,2-3,7-12,14-16H2,1H3,(H2,26,27,28). The number of benzene rings is 1. The van der Waals surface area contributed by atoms with Crippen molar-refractivity contribution in [2.24, 2.45) is 10.4 Å². The Kier molecular flexibility index (Phi) is 7.29. The summed E-state index contributed by atoms with van der Waals surface area (Å²) in [4.78, 5) is 4.29. The summed E-state index contributed by atoms with van der Waals surface area (Å²) < 4.78 is 45.2.